The summed E-state index contributed by atoms with van der Waals surface area (Å²) in [5, 5.41) is 3.29. The molecule has 0 bridgehead atoms. The standard InChI is InChI=1S/C14H27F2N/c1-11(2)6-7-13(17-3)9-12-5-4-8-14(15,16)10-12/h11-13,17H,4-10H2,1-3H3. The van der Waals surface area contributed by atoms with Crippen molar-refractivity contribution < 1.29 is 8.78 Å². The quantitative estimate of drug-likeness (QED) is 0.740. The van der Waals surface area contributed by atoms with Crippen LogP contribution in [0.4, 0.5) is 8.78 Å². The predicted molar refractivity (Wildman–Crippen MR) is 68.4 cm³/mol. The van der Waals surface area contributed by atoms with E-state index in [1.54, 1.807) is 0 Å². The summed E-state index contributed by atoms with van der Waals surface area (Å²) in [5.41, 5.74) is 0. The first-order chi connectivity index (χ1) is 7.93. The molecule has 0 amide bonds. The summed E-state index contributed by atoms with van der Waals surface area (Å²) in [4.78, 5) is 0. The van der Waals surface area contributed by atoms with Gasteiger partial charge in [-0.05, 0) is 51.0 Å². The molecule has 1 aliphatic rings. The Morgan fingerprint density at radius 3 is 2.53 bits per heavy atom. The van der Waals surface area contributed by atoms with E-state index in [0.717, 1.165) is 19.3 Å². The van der Waals surface area contributed by atoms with Gasteiger partial charge in [-0.2, -0.15) is 0 Å². The fourth-order valence-electron chi connectivity index (χ4n) is 2.79. The van der Waals surface area contributed by atoms with E-state index < -0.39 is 5.92 Å². The zero-order chi connectivity index (χ0) is 12.9. The van der Waals surface area contributed by atoms with Gasteiger partial charge in [-0.15, -0.1) is 0 Å². The fourth-order valence-corrected chi connectivity index (χ4v) is 2.79. The van der Waals surface area contributed by atoms with Gasteiger partial charge in [-0.3, -0.25) is 0 Å². The van der Waals surface area contributed by atoms with Gasteiger partial charge in [0.05, 0.1) is 0 Å². The molecule has 0 aliphatic heterocycles. The van der Waals surface area contributed by atoms with Crippen LogP contribution in [0.1, 0.15) is 58.8 Å². The van der Waals surface area contributed by atoms with Crippen molar-refractivity contribution in [3.63, 3.8) is 0 Å². The normalized spacial score (nSPS) is 26.1. The monoisotopic (exact) mass is 247 g/mol. The first kappa shape index (κ1) is 14.9. The highest BCUT2D eigenvalue weighted by molar-refractivity contribution is 4.81. The van der Waals surface area contributed by atoms with E-state index in [9.17, 15) is 8.78 Å². The molecule has 1 fully saturated rings. The summed E-state index contributed by atoms with van der Waals surface area (Å²) in [5.74, 6) is -1.50. The Morgan fingerprint density at radius 1 is 1.29 bits per heavy atom. The van der Waals surface area contributed by atoms with E-state index in [1.165, 1.54) is 6.42 Å². The zero-order valence-electron chi connectivity index (χ0n) is 11.4. The van der Waals surface area contributed by atoms with Gasteiger partial charge < -0.3 is 5.32 Å². The molecule has 1 nitrogen and oxygen atoms in total. The van der Waals surface area contributed by atoms with Crippen molar-refractivity contribution in [1.29, 1.82) is 0 Å². The van der Waals surface area contributed by atoms with Crippen LogP contribution in [0.5, 0.6) is 0 Å². The number of hydrogen-bond donors (Lipinski definition) is 1. The minimum absolute atomic E-state index is 0.0969. The summed E-state index contributed by atoms with van der Waals surface area (Å²) < 4.78 is 26.6. The largest absolute Gasteiger partial charge is 0.317 e. The molecule has 0 aromatic carbocycles. The molecule has 0 heterocycles. The van der Waals surface area contributed by atoms with Crippen LogP contribution in [0.3, 0.4) is 0 Å². The third-order valence-corrected chi connectivity index (χ3v) is 3.86. The highest BCUT2D eigenvalue weighted by Crippen LogP contribution is 2.38. The van der Waals surface area contributed by atoms with Crippen LogP contribution in [-0.4, -0.2) is 19.0 Å². The Balaban J connectivity index is 2.34. The van der Waals surface area contributed by atoms with Gasteiger partial charge in [0.15, 0.2) is 0 Å². The van der Waals surface area contributed by atoms with Crippen molar-refractivity contribution in [3.8, 4) is 0 Å². The summed E-state index contributed by atoms with van der Waals surface area (Å²) >= 11 is 0. The maximum absolute atomic E-state index is 13.3. The number of rotatable bonds is 6. The lowest BCUT2D eigenvalue weighted by Crippen LogP contribution is -2.33. The Labute approximate surface area is 104 Å². The Hall–Kier alpha value is -0.180. The van der Waals surface area contributed by atoms with E-state index in [0.29, 0.717) is 18.4 Å². The van der Waals surface area contributed by atoms with Crippen LogP contribution in [0, 0.1) is 11.8 Å². The van der Waals surface area contributed by atoms with Crippen molar-refractivity contribution >= 4 is 0 Å². The van der Waals surface area contributed by atoms with Gasteiger partial charge in [0.2, 0.25) is 5.92 Å². The molecule has 0 aromatic rings. The van der Waals surface area contributed by atoms with Gasteiger partial charge in [-0.1, -0.05) is 13.8 Å². The molecule has 2 unspecified atom stereocenters. The third-order valence-electron chi connectivity index (χ3n) is 3.86. The minimum Gasteiger partial charge on any atom is -0.317 e. The second kappa shape index (κ2) is 6.67. The Bertz CT molecular complexity index is 216. The first-order valence-corrected chi connectivity index (χ1v) is 6.98. The average molecular weight is 247 g/mol. The third kappa shape index (κ3) is 5.80. The van der Waals surface area contributed by atoms with Gasteiger partial charge in [0.1, 0.15) is 0 Å². The fraction of sp³-hybridized carbons (Fsp3) is 1.00. The van der Waals surface area contributed by atoms with Crippen LogP contribution in [0.2, 0.25) is 0 Å². The molecule has 1 N–H and O–H groups in total. The number of hydrogen-bond acceptors (Lipinski definition) is 1. The van der Waals surface area contributed by atoms with E-state index in [2.05, 4.69) is 19.2 Å². The molecule has 1 saturated carbocycles. The summed E-state index contributed by atoms with van der Waals surface area (Å²) in [6.07, 6.45) is 5.07. The zero-order valence-corrected chi connectivity index (χ0v) is 11.4. The highest BCUT2D eigenvalue weighted by Gasteiger charge is 2.36. The van der Waals surface area contributed by atoms with Crippen LogP contribution in [0.25, 0.3) is 0 Å². The van der Waals surface area contributed by atoms with E-state index >= 15 is 0 Å². The Morgan fingerprint density at radius 2 is 2.00 bits per heavy atom. The molecule has 17 heavy (non-hydrogen) atoms. The van der Waals surface area contributed by atoms with Crippen molar-refractivity contribution in [2.75, 3.05) is 7.05 Å². The van der Waals surface area contributed by atoms with Crippen molar-refractivity contribution in [3.05, 3.63) is 0 Å². The second-order valence-corrected chi connectivity index (χ2v) is 6.01. The molecule has 3 heteroatoms. The number of halogens is 2. The van der Waals surface area contributed by atoms with Crippen LogP contribution in [0.15, 0.2) is 0 Å². The molecule has 1 rings (SSSR count). The van der Waals surface area contributed by atoms with Crippen molar-refractivity contribution in [2.24, 2.45) is 11.8 Å². The maximum Gasteiger partial charge on any atom is 0.248 e. The minimum atomic E-state index is -2.40. The molecule has 0 aromatic heterocycles. The SMILES string of the molecule is CNC(CCC(C)C)CC1CCCC(F)(F)C1. The molecule has 1 aliphatic carbocycles. The molecule has 2 atom stereocenters. The van der Waals surface area contributed by atoms with Gasteiger partial charge >= 0.3 is 0 Å². The lowest BCUT2D eigenvalue weighted by Gasteiger charge is -2.31. The first-order valence-electron chi connectivity index (χ1n) is 6.98. The van der Waals surface area contributed by atoms with E-state index in [-0.39, 0.29) is 18.8 Å². The maximum atomic E-state index is 13.3. The smallest absolute Gasteiger partial charge is 0.248 e. The summed E-state index contributed by atoms with van der Waals surface area (Å²) in [6, 6.07) is 0.413. The van der Waals surface area contributed by atoms with E-state index in [1.807, 2.05) is 7.05 Å². The molecule has 0 saturated heterocycles. The summed E-state index contributed by atoms with van der Waals surface area (Å²) in [6.45, 7) is 4.42. The topological polar surface area (TPSA) is 12.0 Å². The van der Waals surface area contributed by atoms with Gasteiger partial charge in [0, 0.05) is 18.9 Å². The lowest BCUT2D eigenvalue weighted by atomic mass is 9.81. The van der Waals surface area contributed by atoms with Crippen LogP contribution < -0.4 is 5.32 Å². The van der Waals surface area contributed by atoms with Crippen LogP contribution >= 0.6 is 0 Å². The average Bonchev–Trinajstić information content (AvgIpc) is 2.22. The molecule has 102 valence electrons. The summed E-state index contributed by atoms with van der Waals surface area (Å²) in [7, 11) is 1.95. The molecule has 0 spiro atoms. The molecular weight excluding hydrogens is 220 g/mol. The van der Waals surface area contributed by atoms with Gasteiger partial charge in [-0.25, -0.2) is 8.78 Å². The van der Waals surface area contributed by atoms with Gasteiger partial charge in [0.25, 0.3) is 0 Å². The second-order valence-electron chi connectivity index (χ2n) is 6.01. The lowest BCUT2D eigenvalue weighted by molar-refractivity contribution is -0.0548. The molecular formula is C14H27F2N. The Kier molecular flexibility index (Phi) is 5.84. The van der Waals surface area contributed by atoms with Crippen molar-refractivity contribution in [1.82, 2.24) is 5.32 Å². The number of nitrogens with one attached hydrogen (secondary N) is 1. The predicted octanol–water partition coefficient (Wildman–Crippen LogP) is 4.23. The van der Waals surface area contributed by atoms with E-state index in [4.69, 9.17) is 0 Å². The number of alkyl halides is 2. The van der Waals surface area contributed by atoms with Crippen molar-refractivity contribution in [2.45, 2.75) is 70.8 Å². The van der Waals surface area contributed by atoms with Crippen LogP contribution in [-0.2, 0) is 0 Å². The molecule has 0 radical (unpaired) electrons. The highest BCUT2D eigenvalue weighted by atomic mass is 19.3.